The van der Waals surface area contributed by atoms with Gasteiger partial charge < -0.3 is 14.8 Å². The molecule has 2 rings (SSSR count). The molecule has 0 radical (unpaired) electrons. The van der Waals surface area contributed by atoms with Gasteiger partial charge in [0, 0.05) is 25.6 Å². The first-order chi connectivity index (χ1) is 8.68. The van der Waals surface area contributed by atoms with Crippen molar-refractivity contribution in [1.29, 1.82) is 0 Å². The van der Waals surface area contributed by atoms with Gasteiger partial charge in [-0.25, -0.2) is 4.98 Å². The number of nitrogens with zero attached hydrogens (tertiary/aromatic N) is 1. The molecule has 4 nitrogen and oxygen atoms in total. The molecule has 1 fully saturated rings. The van der Waals surface area contributed by atoms with Crippen LogP contribution >= 0.6 is 11.3 Å². The Morgan fingerprint density at radius 2 is 2.44 bits per heavy atom. The lowest BCUT2D eigenvalue weighted by molar-refractivity contribution is 0.152. The Morgan fingerprint density at radius 1 is 1.61 bits per heavy atom. The van der Waals surface area contributed by atoms with Crippen molar-refractivity contribution >= 4 is 11.3 Å². The zero-order chi connectivity index (χ0) is 13.0. The summed E-state index contributed by atoms with van der Waals surface area (Å²) in [6.07, 6.45) is 0.988. The molecule has 0 amide bonds. The summed E-state index contributed by atoms with van der Waals surface area (Å²) in [7, 11) is 1.72. The van der Waals surface area contributed by atoms with E-state index in [4.69, 9.17) is 14.5 Å². The van der Waals surface area contributed by atoms with E-state index in [0.29, 0.717) is 19.1 Å². The molecule has 1 atom stereocenters. The second-order valence-corrected chi connectivity index (χ2v) is 5.89. The van der Waals surface area contributed by atoms with Crippen molar-refractivity contribution in [3.05, 3.63) is 16.1 Å². The van der Waals surface area contributed by atoms with Crippen LogP contribution in [0.3, 0.4) is 0 Å². The molecule has 0 saturated carbocycles. The van der Waals surface area contributed by atoms with Gasteiger partial charge in [0.2, 0.25) is 0 Å². The minimum absolute atomic E-state index is 0.101. The zero-order valence-electron chi connectivity index (χ0n) is 11.4. The van der Waals surface area contributed by atoms with Gasteiger partial charge in [0.05, 0.1) is 24.4 Å². The molecule has 18 heavy (non-hydrogen) atoms. The van der Waals surface area contributed by atoms with E-state index < -0.39 is 0 Å². The van der Waals surface area contributed by atoms with Crippen LogP contribution in [0.5, 0.6) is 0 Å². The molecule has 0 aliphatic carbocycles. The quantitative estimate of drug-likeness (QED) is 0.804. The smallest absolute Gasteiger partial charge is 0.115 e. The molecule has 1 aliphatic rings. The van der Waals surface area contributed by atoms with Gasteiger partial charge in [-0.15, -0.1) is 11.3 Å². The minimum Gasteiger partial charge on any atom is -0.383 e. The minimum atomic E-state index is -0.101. The summed E-state index contributed by atoms with van der Waals surface area (Å²) >= 11 is 1.74. The van der Waals surface area contributed by atoms with Crippen molar-refractivity contribution in [3.8, 4) is 0 Å². The second-order valence-electron chi connectivity index (χ2n) is 5.04. The number of thiazole rings is 1. The highest BCUT2D eigenvalue weighted by Gasteiger charge is 2.39. The van der Waals surface area contributed by atoms with Crippen LogP contribution in [-0.2, 0) is 15.0 Å². The molecule has 1 unspecified atom stereocenters. The van der Waals surface area contributed by atoms with Crippen LogP contribution in [0.15, 0.2) is 5.38 Å². The van der Waals surface area contributed by atoms with Gasteiger partial charge in [-0.2, -0.15) is 0 Å². The first-order valence-electron chi connectivity index (χ1n) is 6.45. The summed E-state index contributed by atoms with van der Waals surface area (Å²) in [5, 5.41) is 6.88. The molecule has 0 aromatic carbocycles. The highest BCUT2D eigenvalue weighted by Crippen LogP contribution is 2.33. The molecule has 2 heterocycles. The van der Waals surface area contributed by atoms with Gasteiger partial charge in [0.25, 0.3) is 0 Å². The Bertz CT molecular complexity index is 373. The van der Waals surface area contributed by atoms with Gasteiger partial charge in [-0.1, -0.05) is 13.8 Å². The maximum Gasteiger partial charge on any atom is 0.115 e. The molecule has 5 heteroatoms. The number of ether oxygens (including phenoxy) is 2. The van der Waals surface area contributed by atoms with Gasteiger partial charge in [0.1, 0.15) is 5.01 Å². The van der Waals surface area contributed by atoms with Crippen molar-refractivity contribution in [2.45, 2.75) is 31.7 Å². The first kappa shape index (κ1) is 13.9. The fourth-order valence-electron chi connectivity index (χ4n) is 2.11. The van der Waals surface area contributed by atoms with Gasteiger partial charge in [0.15, 0.2) is 0 Å². The Kier molecular flexibility index (Phi) is 4.72. The van der Waals surface area contributed by atoms with Crippen LogP contribution < -0.4 is 5.32 Å². The third kappa shape index (κ3) is 2.91. The number of hydrogen-bond donors (Lipinski definition) is 1. The predicted octanol–water partition coefficient (Wildman–Crippen LogP) is 2.12. The number of hydrogen-bond acceptors (Lipinski definition) is 5. The van der Waals surface area contributed by atoms with Crippen molar-refractivity contribution in [1.82, 2.24) is 10.3 Å². The molecule has 0 bridgehead atoms. The maximum atomic E-state index is 5.58. The Hall–Kier alpha value is -0.490. The molecule has 1 aliphatic heterocycles. The fourth-order valence-corrected chi connectivity index (χ4v) is 3.29. The zero-order valence-corrected chi connectivity index (χ0v) is 12.2. The van der Waals surface area contributed by atoms with Crippen LogP contribution in [0.25, 0.3) is 0 Å². The predicted molar refractivity (Wildman–Crippen MR) is 73.2 cm³/mol. The summed E-state index contributed by atoms with van der Waals surface area (Å²) in [5.74, 6) is 0.480. The SMILES string of the molecule is COCCNC1(c2nc(C(C)C)cs2)CCOC1. The molecule has 1 aromatic heterocycles. The van der Waals surface area contributed by atoms with E-state index in [9.17, 15) is 0 Å². The molecule has 1 N–H and O–H groups in total. The highest BCUT2D eigenvalue weighted by molar-refractivity contribution is 7.09. The van der Waals surface area contributed by atoms with E-state index in [2.05, 4.69) is 24.5 Å². The van der Waals surface area contributed by atoms with Crippen LogP contribution in [0.1, 0.15) is 36.9 Å². The Labute approximate surface area is 113 Å². The van der Waals surface area contributed by atoms with Crippen molar-refractivity contribution in [2.24, 2.45) is 0 Å². The number of methoxy groups -OCH3 is 1. The maximum absolute atomic E-state index is 5.58. The topological polar surface area (TPSA) is 43.4 Å². The highest BCUT2D eigenvalue weighted by atomic mass is 32.1. The van der Waals surface area contributed by atoms with Crippen LogP contribution in [0.2, 0.25) is 0 Å². The lowest BCUT2D eigenvalue weighted by Crippen LogP contribution is -2.44. The van der Waals surface area contributed by atoms with E-state index >= 15 is 0 Å². The number of aromatic nitrogens is 1. The summed E-state index contributed by atoms with van der Waals surface area (Å²) < 4.78 is 10.7. The average molecular weight is 270 g/mol. The third-order valence-corrected chi connectivity index (χ3v) is 4.38. The van der Waals surface area contributed by atoms with Crippen LogP contribution in [0, 0.1) is 0 Å². The van der Waals surface area contributed by atoms with Gasteiger partial charge >= 0.3 is 0 Å². The van der Waals surface area contributed by atoms with Crippen molar-refractivity contribution < 1.29 is 9.47 Å². The Balaban J connectivity index is 2.12. The molecular formula is C13H22N2O2S. The van der Waals surface area contributed by atoms with E-state index in [-0.39, 0.29) is 5.54 Å². The first-order valence-corrected chi connectivity index (χ1v) is 7.33. The van der Waals surface area contributed by atoms with Gasteiger partial charge in [-0.3, -0.25) is 0 Å². The number of rotatable bonds is 6. The van der Waals surface area contributed by atoms with Crippen LogP contribution in [-0.4, -0.2) is 38.5 Å². The van der Waals surface area contributed by atoms with E-state index in [1.54, 1.807) is 18.4 Å². The summed E-state index contributed by atoms with van der Waals surface area (Å²) in [6, 6.07) is 0. The lowest BCUT2D eigenvalue weighted by atomic mass is 9.99. The largest absolute Gasteiger partial charge is 0.383 e. The molecular weight excluding hydrogens is 248 g/mol. The molecule has 1 aromatic rings. The van der Waals surface area contributed by atoms with E-state index in [0.717, 1.165) is 24.6 Å². The van der Waals surface area contributed by atoms with Crippen LogP contribution in [0.4, 0.5) is 0 Å². The average Bonchev–Trinajstić information content (AvgIpc) is 2.98. The molecule has 0 spiro atoms. The second kappa shape index (κ2) is 6.10. The monoisotopic (exact) mass is 270 g/mol. The summed E-state index contributed by atoms with van der Waals surface area (Å²) in [4.78, 5) is 4.78. The van der Waals surface area contributed by atoms with Gasteiger partial charge in [-0.05, 0) is 12.3 Å². The summed E-state index contributed by atoms with van der Waals surface area (Å²) in [6.45, 7) is 7.41. The number of nitrogens with one attached hydrogen (secondary N) is 1. The fraction of sp³-hybridized carbons (Fsp3) is 0.769. The Morgan fingerprint density at radius 3 is 3.00 bits per heavy atom. The molecule has 1 saturated heterocycles. The molecule has 102 valence electrons. The van der Waals surface area contributed by atoms with Crippen molar-refractivity contribution in [2.75, 3.05) is 33.5 Å². The van der Waals surface area contributed by atoms with E-state index in [1.807, 2.05) is 0 Å². The lowest BCUT2D eigenvalue weighted by Gasteiger charge is -2.26. The standard InChI is InChI=1S/C13H22N2O2S/c1-10(2)11-8-18-12(15-11)13(4-6-17-9-13)14-5-7-16-3/h8,10,14H,4-7,9H2,1-3H3. The van der Waals surface area contributed by atoms with E-state index in [1.165, 1.54) is 5.69 Å². The summed E-state index contributed by atoms with van der Waals surface area (Å²) in [5.41, 5.74) is 1.07. The third-order valence-electron chi connectivity index (χ3n) is 3.31. The normalized spacial score (nSPS) is 24.0. The van der Waals surface area contributed by atoms with Crippen molar-refractivity contribution in [3.63, 3.8) is 0 Å².